The van der Waals surface area contributed by atoms with E-state index in [4.69, 9.17) is 11.6 Å². The fraction of sp³-hybridized carbons (Fsp3) is 0.333. The van der Waals surface area contributed by atoms with Crippen LogP contribution < -0.4 is 16.6 Å². The van der Waals surface area contributed by atoms with Crippen LogP contribution in [0.5, 0.6) is 0 Å². The summed E-state index contributed by atoms with van der Waals surface area (Å²) in [6.07, 6.45) is 0. The van der Waals surface area contributed by atoms with Crippen molar-refractivity contribution in [1.29, 1.82) is 0 Å². The van der Waals surface area contributed by atoms with Crippen molar-refractivity contribution in [2.24, 2.45) is 13.0 Å². The van der Waals surface area contributed by atoms with Gasteiger partial charge in [-0.15, -0.1) is 11.6 Å². The van der Waals surface area contributed by atoms with Gasteiger partial charge >= 0.3 is 5.69 Å². The Kier molecular flexibility index (Phi) is 5.66. The quantitative estimate of drug-likeness (QED) is 0.503. The van der Waals surface area contributed by atoms with Crippen LogP contribution in [0, 0.1) is 11.9 Å². The average molecular weight is 425 g/mol. The topological polar surface area (TPSA) is 86.0 Å². The summed E-state index contributed by atoms with van der Waals surface area (Å²) in [5, 5.41) is 3.34. The van der Waals surface area contributed by atoms with E-state index in [-0.39, 0.29) is 35.1 Å². The maximum absolute atomic E-state index is 13.6. The number of hydrogen-bond donors (Lipinski definition) is 1. The molecule has 3 rings (SSSR count). The van der Waals surface area contributed by atoms with Crippen LogP contribution in [0.25, 0.3) is 15.8 Å². The van der Waals surface area contributed by atoms with Crippen molar-refractivity contribution in [1.82, 2.24) is 18.8 Å². The van der Waals surface area contributed by atoms with Crippen LogP contribution in [0.2, 0.25) is 0 Å². The summed E-state index contributed by atoms with van der Waals surface area (Å²) < 4.78 is 20.1. The van der Waals surface area contributed by atoms with Crippen molar-refractivity contribution in [3.8, 4) is 5.69 Å². The molecule has 148 valence electrons. The molecule has 0 saturated heterocycles. The highest BCUT2D eigenvalue weighted by atomic mass is 35.5. The fourth-order valence-corrected chi connectivity index (χ4v) is 3.87. The first kappa shape index (κ1) is 20.2. The second-order valence-corrected chi connectivity index (χ2v) is 7.79. The molecule has 0 aliphatic heterocycles. The maximum atomic E-state index is 13.6. The summed E-state index contributed by atoms with van der Waals surface area (Å²) >= 11 is 7.04. The van der Waals surface area contributed by atoms with Crippen molar-refractivity contribution in [2.75, 3.05) is 5.88 Å². The number of benzene rings is 1. The highest BCUT2D eigenvalue weighted by molar-refractivity contribution is 7.13. The number of fused-ring (bicyclic) bond motifs is 1. The zero-order valence-electron chi connectivity index (χ0n) is 15.4. The molecule has 1 unspecified atom stereocenters. The van der Waals surface area contributed by atoms with Crippen molar-refractivity contribution in [2.45, 2.75) is 19.9 Å². The van der Waals surface area contributed by atoms with Gasteiger partial charge < -0.3 is 5.32 Å². The first-order valence-electron chi connectivity index (χ1n) is 8.49. The van der Waals surface area contributed by atoms with Crippen molar-refractivity contribution in [3.05, 3.63) is 56.7 Å². The molecule has 1 amide bonds. The minimum atomic E-state index is -0.926. The fourth-order valence-electron chi connectivity index (χ4n) is 2.69. The molecule has 0 aliphatic carbocycles. The number of carbonyl (C=O) groups excluding carboxylic acids is 1. The van der Waals surface area contributed by atoms with Crippen molar-refractivity contribution >= 4 is 39.1 Å². The van der Waals surface area contributed by atoms with Crippen LogP contribution in [-0.2, 0) is 7.05 Å². The zero-order valence-corrected chi connectivity index (χ0v) is 17.0. The Morgan fingerprint density at radius 3 is 2.68 bits per heavy atom. The van der Waals surface area contributed by atoms with Gasteiger partial charge in [-0.3, -0.25) is 14.2 Å². The SMILES string of the molecule is CC(C)C(CCl)NC(=O)c1nsc2ccc(-n3c(=O)cc(F)n(C)c3=O)cc12. The van der Waals surface area contributed by atoms with Gasteiger partial charge in [-0.1, -0.05) is 13.8 Å². The van der Waals surface area contributed by atoms with Gasteiger partial charge in [0.2, 0.25) is 5.95 Å². The molecule has 10 heteroatoms. The van der Waals surface area contributed by atoms with E-state index in [9.17, 15) is 18.8 Å². The van der Waals surface area contributed by atoms with Gasteiger partial charge in [-0.2, -0.15) is 8.76 Å². The second-order valence-electron chi connectivity index (χ2n) is 6.67. The summed E-state index contributed by atoms with van der Waals surface area (Å²) in [6.45, 7) is 3.89. The minimum Gasteiger partial charge on any atom is -0.346 e. The van der Waals surface area contributed by atoms with Gasteiger partial charge in [0.05, 0.1) is 16.5 Å². The first-order valence-corrected chi connectivity index (χ1v) is 9.80. The number of alkyl halides is 1. The second kappa shape index (κ2) is 7.84. The van der Waals surface area contributed by atoms with Crippen molar-refractivity contribution < 1.29 is 9.18 Å². The van der Waals surface area contributed by atoms with Gasteiger partial charge in [0, 0.05) is 24.4 Å². The number of hydrogen-bond acceptors (Lipinski definition) is 5. The summed E-state index contributed by atoms with van der Waals surface area (Å²) in [5.74, 6) is -0.909. The van der Waals surface area contributed by atoms with E-state index in [0.717, 1.165) is 26.7 Å². The lowest BCUT2D eigenvalue weighted by Crippen LogP contribution is -2.40. The van der Waals surface area contributed by atoms with E-state index in [2.05, 4.69) is 9.69 Å². The largest absolute Gasteiger partial charge is 0.346 e. The van der Waals surface area contributed by atoms with E-state index < -0.39 is 17.2 Å². The molecule has 2 heterocycles. The lowest BCUT2D eigenvalue weighted by molar-refractivity contribution is 0.0929. The van der Waals surface area contributed by atoms with E-state index in [0.29, 0.717) is 10.1 Å². The molecule has 1 atom stereocenters. The summed E-state index contributed by atoms with van der Waals surface area (Å²) in [4.78, 5) is 37.2. The predicted molar refractivity (Wildman–Crippen MR) is 107 cm³/mol. The zero-order chi connectivity index (χ0) is 20.6. The maximum Gasteiger partial charge on any atom is 0.337 e. The average Bonchev–Trinajstić information content (AvgIpc) is 3.07. The number of amides is 1. The molecule has 1 aromatic carbocycles. The number of nitrogens with zero attached hydrogens (tertiary/aromatic N) is 3. The number of halogens is 2. The Labute approximate surface area is 168 Å². The Morgan fingerprint density at radius 1 is 1.32 bits per heavy atom. The minimum absolute atomic E-state index is 0.141. The normalized spacial score (nSPS) is 12.5. The molecule has 0 aliphatic rings. The van der Waals surface area contributed by atoms with Gasteiger partial charge in [0.1, 0.15) is 5.69 Å². The molecule has 0 bridgehead atoms. The van der Waals surface area contributed by atoms with Crippen LogP contribution >= 0.6 is 23.1 Å². The third-order valence-electron chi connectivity index (χ3n) is 4.48. The lowest BCUT2D eigenvalue weighted by Gasteiger charge is -2.19. The molecule has 0 spiro atoms. The van der Waals surface area contributed by atoms with Crippen molar-refractivity contribution in [3.63, 3.8) is 0 Å². The number of rotatable bonds is 5. The Hall–Kier alpha value is -2.52. The molecule has 0 fully saturated rings. The highest BCUT2D eigenvalue weighted by Crippen LogP contribution is 2.25. The molecule has 2 aromatic heterocycles. The molecule has 0 saturated carbocycles. The lowest BCUT2D eigenvalue weighted by atomic mass is 10.1. The van der Waals surface area contributed by atoms with Gasteiger partial charge in [0.15, 0.2) is 0 Å². The van der Waals surface area contributed by atoms with Crippen LogP contribution in [-0.4, -0.2) is 31.3 Å². The Morgan fingerprint density at radius 2 is 2.04 bits per heavy atom. The number of nitrogens with one attached hydrogen (secondary N) is 1. The van der Waals surface area contributed by atoms with E-state index in [1.165, 1.54) is 13.1 Å². The summed E-state index contributed by atoms with van der Waals surface area (Å²) in [6, 6.07) is 5.26. The molecule has 28 heavy (non-hydrogen) atoms. The van der Waals surface area contributed by atoms with Crippen LogP contribution in [0.1, 0.15) is 24.3 Å². The number of aromatic nitrogens is 3. The molecule has 3 aromatic rings. The van der Waals surface area contributed by atoms with E-state index >= 15 is 0 Å². The van der Waals surface area contributed by atoms with Crippen LogP contribution in [0.15, 0.2) is 33.9 Å². The molecule has 7 nitrogen and oxygen atoms in total. The first-order chi connectivity index (χ1) is 13.2. The Bertz CT molecular complexity index is 1170. The van der Waals surface area contributed by atoms with Gasteiger partial charge in [0.25, 0.3) is 11.5 Å². The van der Waals surface area contributed by atoms with Gasteiger partial charge in [-0.05, 0) is 35.6 Å². The summed E-state index contributed by atoms with van der Waals surface area (Å²) in [5.41, 5.74) is -1.20. The predicted octanol–water partition coefficient (Wildman–Crippen LogP) is 2.28. The molecule has 0 radical (unpaired) electrons. The van der Waals surface area contributed by atoms with E-state index in [1.54, 1.807) is 12.1 Å². The standard InChI is InChI=1S/C18H18ClFN4O3S/c1-9(2)12(8-19)21-17(26)16-11-6-10(4-5-13(11)28-22-16)24-15(25)7-14(20)23(3)18(24)27/h4-7,9,12H,8H2,1-3H3,(H,21,26). The molecular weight excluding hydrogens is 407 g/mol. The molecule has 1 N–H and O–H groups in total. The Balaban J connectivity index is 2.10. The number of carbonyl (C=O) groups is 1. The van der Waals surface area contributed by atoms with Crippen LogP contribution in [0.4, 0.5) is 4.39 Å². The third kappa shape index (κ3) is 3.59. The molecular formula is C18H18ClFN4O3S. The van der Waals surface area contributed by atoms with Gasteiger partial charge in [-0.25, -0.2) is 9.36 Å². The summed E-state index contributed by atoms with van der Waals surface area (Å²) in [7, 11) is 1.23. The highest BCUT2D eigenvalue weighted by Gasteiger charge is 2.21. The van der Waals surface area contributed by atoms with Crippen LogP contribution in [0.3, 0.4) is 0 Å². The smallest absolute Gasteiger partial charge is 0.337 e. The third-order valence-corrected chi connectivity index (χ3v) is 5.63. The van der Waals surface area contributed by atoms with E-state index in [1.807, 2.05) is 13.8 Å². The monoisotopic (exact) mass is 424 g/mol.